The molecule has 0 aliphatic heterocycles. The second-order valence-corrected chi connectivity index (χ2v) is 2.37. The second-order valence-electron chi connectivity index (χ2n) is 2.37. The third-order valence-corrected chi connectivity index (χ3v) is 1.01. The van der Waals surface area contributed by atoms with Gasteiger partial charge in [0.15, 0.2) is 11.7 Å². The van der Waals surface area contributed by atoms with E-state index in [1.54, 1.807) is 6.92 Å². The molecular formula is C7H13NO3. The molecule has 1 atom stereocenters. The number of nitrogens with one attached hydrogen (secondary N) is 1. The van der Waals surface area contributed by atoms with Gasteiger partial charge in [-0.05, 0) is 13.8 Å². The molecule has 0 rings (SSSR count). The molecule has 4 nitrogen and oxygen atoms in total. The van der Waals surface area contributed by atoms with Crippen molar-refractivity contribution < 1.29 is 15.0 Å². The molecule has 0 aliphatic rings. The van der Waals surface area contributed by atoms with E-state index >= 15 is 0 Å². The molecule has 0 aromatic heterocycles. The minimum atomic E-state index is -0.245. The Morgan fingerprint density at radius 1 is 1.73 bits per heavy atom. The fraction of sp³-hybridized carbons (Fsp3) is 0.571. The number of rotatable bonds is 4. The van der Waals surface area contributed by atoms with Crippen LogP contribution in [0.15, 0.2) is 12.0 Å². The Bertz CT molecular complexity index is 165. The Morgan fingerprint density at radius 3 is 2.64 bits per heavy atom. The van der Waals surface area contributed by atoms with Gasteiger partial charge < -0.3 is 15.5 Å². The number of carbonyl (C=O) groups excluding carboxylic acids is 1. The van der Waals surface area contributed by atoms with E-state index in [2.05, 4.69) is 5.32 Å². The standard InChI is InChI=1S/C7H13NO3/c1-5(4-9)8-7(11)3-6(2)10/h3,5,8-9,11H,4H2,1-2H3/b7-3-. The molecule has 0 bridgehead atoms. The Morgan fingerprint density at radius 2 is 2.27 bits per heavy atom. The number of allylic oxidation sites excluding steroid dienone is 1. The summed E-state index contributed by atoms with van der Waals surface area (Å²) in [5, 5.41) is 20.0. The highest BCUT2D eigenvalue weighted by molar-refractivity contribution is 5.87. The lowest BCUT2D eigenvalue weighted by Gasteiger charge is -2.09. The second kappa shape index (κ2) is 4.73. The van der Waals surface area contributed by atoms with Gasteiger partial charge >= 0.3 is 0 Å². The molecule has 0 spiro atoms. The van der Waals surface area contributed by atoms with E-state index in [1.807, 2.05) is 0 Å². The lowest BCUT2D eigenvalue weighted by atomic mass is 10.3. The van der Waals surface area contributed by atoms with Crippen molar-refractivity contribution in [3.63, 3.8) is 0 Å². The normalized spacial score (nSPS) is 14.3. The fourth-order valence-corrected chi connectivity index (χ4v) is 0.532. The molecule has 0 aromatic rings. The summed E-state index contributed by atoms with van der Waals surface area (Å²) in [6.07, 6.45) is 1.06. The summed E-state index contributed by atoms with van der Waals surface area (Å²) < 4.78 is 0. The maximum Gasteiger partial charge on any atom is 0.187 e. The maximum atomic E-state index is 10.4. The van der Waals surface area contributed by atoms with Crippen molar-refractivity contribution in [1.82, 2.24) is 5.32 Å². The lowest BCUT2D eigenvalue weighted by Crippen LogP contribution is -2.28. The number of aliphatic hydroxyl groups is 2. The first-order valence-corrected chi connectivity index (χ1v) is 3.35. The molecule has 0 aromatic carbocycles. The molecule has 0 saturated carbocycles. The number of aliphatic hydroxyl groups excluding tert-OH is 2. The fourth-order valence-electron chi connectivity index (χ4n) is 0.532. The topological polar surface area (TPSA) is 69.6 Å². The summed E-state index contributed by atoms with van der Waals surface area (Å²) in [6, 6.07) is -0.245. The smallest absolute Gasteiger partial charge is 0.187 e. The van der Waals surface area contributed by atoms with Crippen molar-refractivity contribution in [2.24, 2.45) is 0 Å². The number of hydrogen-bond donors (Lipinski definition) is 3. The van der Waals surface area contributed by atoms with Crippen LogP contribution in [-0.2, 0) is 4.79 Å². The molecule has 1 unspecified atom stereocenters. The Labute approximate surface area is 65.5 Å². The van der Waals surface area contributed by atoms with E-state index in [-0.39, 0.29) is 24.3 Å². The van der Waals surface area contributed by atoms with Crippen molar-refractivity contribution in [3.05, 3.63) is 12.0 Å². The van der Waals surface area contributed by atoms with Crippen LogP contribution in [0.4, 0.5) is 0 Å². The van der Waals surface area contributed by atoms with Crippen LogP contribution >= 0.6 is 0 Å². The lowest BCUT2D eigenvalue weighted by molar-refractivity contribution is -0.112. The summed E-state index contributed by atoms with van der Waals surface area (Å²) in [5.41, 5.74) is 0. The van der Waals surface area contributed by atoms with Gasteiger partial charge in [0.2, 0.25) is 0 Å². The van der Waals surface area contributed by atoms with E-state index in [0.717, 1.165) is 6.08 Å². The summed E-state index contributed by atoms with van der Waals surface area (Å²) in [7, 11) is 0. The summed E-state index contributed by atoms with van der Waals surface area (Å²) in [5.74, 6) is -0.445. The van der Waals surface area contributed by atoms with Gasteiger partial charge in [-0.3, -0.25) is 4.79 Å². The average molecular weight is 159 g/mol. The van der Waals surface area contributed by atoms with Crippen LogP contribution in [0.25, 0.3) is 0 Å². The molecule has 3 N–H and O–H groups in total. The van der Waals surface area contributed by atoms with Crippen LogP contribution in [0.3, 0.4) is 0 Å². The quantitative estimate of drug-likeness (QED) is 0.397. The van der Waals surface area contributed by atoms with E-state index in [1.165, 1.54) is 6.92 Å². The van der Waals surface area contributed by atoms with Gasteiger partial charge in [-0.2, -0.15) is 0 Å². The zero-order chi connectivity index (χ0) is 8.85. The predicted molar refractivity (Wildman–Crippen MR) is 41.1 cm³/mol. The first kappa shape index (κ1) is 9.97. The minimum absolute atomic E-state index is 0.0875. The van der Waals surface area contributed by atoms with Crippen LogP contribution in [-0.4, -0.2) is 28.6 Å². The largest absolute Gasteiger partial charge is 0.495 e. The van der Waals surface area contributed by atoms with E-state index in [9.17, 15) is 4.79 Å². The minimum Gasteiger partial charge on any atom is -0.495 e. The molecule has 64 valence electrons. The zero-order valence-corrected chi connectivity index (χ0v) is 6.66. The van der Waals surface area contributed by atoms with E-state index < -0.39 is 0 Å². The summed E-state index contributed by atoms with van der Waals surface area (Å²) in [6.45, 7) is 2.93. The highest BCUT2D eigenvalue weighted by atomic mass is 16.3. The molecule has 0 saturated heterocycles. The first-order valence-electron chi connectivity index (χ1n) is 3.35. The molecule has 0 heterocycles. The molecule has 11 heavy (non-hydrogen) atoms. The molecule has 4 heteroatoms. The number of carbonyl (C=O) groups is 1. The Balaban J connectivity index is 3.85. The maximum absolute atomic E-state index is 10.4. The van der Waals surface area contributed by atoms with Crippen molar-refractivity contribution in [1.29, 1.82) is 0 Å². The Hall–Kier alpha value is -1.03. The van der Waals surface area contributed by atoms with E-state index in [0.29, 0.717) is 0 Å². The monoisotopic (exact) mass is 159 g/mol. The number of ketones is 1. The van der Waals surface area contributed by atoms with Crippen LogP contribution < -0.4 is 5.32 Å². The summed E-state index contributed by atoms with van der Waals surface area (Å²) in [4.78, 5) is 10.4. The molecule has 0 aliphatic carbocycles. The SMILES string of the molecule is CC(=O)/C=C(\O)NC(C)CO. The van der Waals surface area contributed by atoms with Crippen molar-refractivity contribution >= 4 is 5.78 Å². The Kier molecular flexibility index (Phi) is 4.29. The highest BCUT2D eigenvalue weighted by Gasteiger charge is 2.00. The molecule has 0 amide bonds. The van der Waals surface area contributed by atoms with Gasteiger partial charge in [-0.1, -0.05) is 0 Å². The highest BCUT2D eigenvalue weighted by Crippen LogP contribution is 1.87. The molecule has 0 radical (unpaired) electrons. The molecular weight excluding hydrogens is 146 g/mol. The molecule has 0 fully saturated rings. The van der Waals surface area contributed by atoms with Gasteiger partial charge in [0.25, 0.3) is 0 Å². The third-order valence-electron chi connectivity index (χ3n) is 1.01. The van der Waals surface area contributed by atoms with Gasteiger partial charge in [0.1, 0.15) is 0 Å². The van der Waals surface area contributed by atoms with Gasteiger partial charge in [-0.25, -0.2) is 0 Å². The van der Waals surface area contributed by atoms with Crippen LogP contribution in [0.2, 0.25) is 0 Å². The van der Waals surface area contributed by atoms with Crippen LogP contribution in [0.1, 0.15) is 13.8 Å². The van der Waals surface area contributed by atoms with Crippen LogP contribution in [0.5, 0.6) is 0 Å². The predicted octanol–water partition coefficient (Wildman–Crippen LogP) is -0.0548. The van der Waals surface area contributed by atoms with Crippen molar-refractivity contribution in [3.8, 4) is 0 Å². The number of hydrogen-bond acceptors (Lipinski definition) is 4. The van der Waals surface area contributed by atoms with Crippen LogP contribution in [0, 0.1) is 0 Å². The third kappa shape index (κ3) is 5.42. The van der Waals surface area contributed by atoms with Crippen molar-refractivity contribution in [2.75, 3.05) is 6.61 Å². The summed E-state index contributed by atoms with van der Waals surface area (Å²) >= 11 is 0. The average Bonchev–Trinajstić information content (AvgIpc) is 1.85. The zero-order valence-electron chi connectivity index (χ0n) is 6.66. The van der Waals surface area contributed by atoms with Gasteiger partial charge in [0.05, 0.1) is 6.61 Å². The van der Waals surface area contributed by atoms with Gasteiger partial charge in [-0.15, -0.1) is 0 Å². The van der Waals surface area contributed by atoms with Crippen molar-refractivity contribution in [2.45, 2.75) is 19.9 Å². The van der Waals surface area contributed by atoms with Gasteiger partial charge in [0, 0.05) is 12.1 Å². The first-order chi connectivity index (χ1) is 5.06. The van der Waals surface area contributed by atoms with E-state index in [4.69, 9.17) is 10.2 Å².